The number of aliphatic carboxylic acids is 2. The number of hydrogen-bond donors (Lipinski definition) is 2. The summed E-state index contributed by atoms with van der Waals surface area (Å²) in [4.78, 5) is 21.3. The molecule has 4 nitrogen and oxygen atoms in total. The molecule has 0 heterocycles. The van der Waals surface area contributed by atoms with Crippen molar-refractivity contribution in [3.05, 3.63) is 0 Å². The molecular formula is C18H32Cl2O4. The van der Waals surface area contributed by atoms with Crippen LogP contribution >= 0.6 is 23.2 Å². The van der Waals surface area contributed by atoms with Gasteiger partial charge in [0, 0.05) is 0 Å². The minimum absolute atomic E-state index is 0.222. The molecule has 1 atom stereocenters. The Morgan fingerprint density at radius 3 is 1.38 bits per heavy atom. The number of carboxylic acids is 2. The molecule has 0 bridgehead atoms. The van der Waals surface area contributed by atoms with E-state index >= 15 is 0 Å². The van der Waals surface area contributed by atoms with Crippen molar-refractivity contribution < 1.29 is 19.8 Å². The van der Waals surface area contributed by atoms with E-state index in [0.717, 1.165) is 32.1 Å². The molecule has 0 aromatic carbocycles. The first-order valence-electron chi connectivity index (χ1n) is 9.16. The largest absolute Gasteiger partial charge is 0.481 e. The molecule has 6 heteroatoms. The summed E-state index contributed by atoms with van der Waals surface area (Å²) in [5.74, 6) is -2.77. The van der Waals surface area contributed by atoms with Gasteiger partial charge in [-0.3, -0.25) is 9.59 Å². The van der Waals surface area contributed by atoms with Crippen molar-refractivity contribution in [2.75, 3.05) is 0 Å². The van der Waals surface area contributed by atoms with Gasteiger partial charge in [-0.05, 0) is 12.8 Å². The van der Waals surface area contributed by atoms with Crippen molar-refractivity contribution >= 4 is 35.1 Å². The Hall–Kier alpha value is -0.480. The topological polar surface area (TPSA) is 74.6 Å². The summed E-state index contributed by atoms with van der Waals surface area (Å²) in [6.45, 7) is 0. The van der Waals surface area contributed by atoms with E-state index in [9.17, 15) is 9.59 Å². The van der Waals surface area contributed by atoms with E-state index in [2.05, 4.69) is 0 Å². The summed E-state index contributed by atoms with van der Waals surface area (Å²) in [6, 6.07) is 0. The normalized spacial score (nSPS) is 12.5. The molecule has 0 amide bonds. The zero-order valence-electron chi connectivity index (χ0n) is 14.5. The summed E-state index contributed by atoms with van der Waals surface area (Å²) in [7, 11) is 0. The first kappa shape index (κ1) is 23.5. The van der Waals surface area contributed by atoms with Gasteiger partial charge in [0.1, 0.15) is 4.84 Å². The van der Waals surface area contributed by atoms with Gasteiger partial charge in [0.05, 0.1) is 12.3 Å². The van der Waals surface area contributed by atoms with Gasteiger partial charge in [-0.2, -0.15) is 0 Å². The second kappa shape index (κ2) is 16.0. The molecule has 0 saturated carbocycles. The number of unbranched alkanes of at least 4 members (excludes halogenated alkanes) is 10. The lowest BCUT2D eigenvalue weighted by molar-refractivity contribution is -0.148. The third-order valence-corrected chi connectivity index (χ3v) is 4.68. The Bertz CT molecular complexity index is 335. The van der Waals surface area contributed by atoms with Gasteiger partial charge < -0.3 is 10.2 Å². The van der Waals surface area contributed by atoms with Crippen molar-refractivity contribution in [1.29, 1.82) is 0 Å². The predicted octanol–water partition coefficient (Wildman–Crippen LogP) is 6.04. The fourth-order valence-electron chi connectivity index (χ4n) is 2.80. The van der Waals surface area contributed by atoms with Crippen LogP contribution in [0.3, 0.4) is 0 Å². The minimum atomic E-state index is -1.03. The Kier molecular flexibility index (Phi) is 15.7. The molecule has 24 heavy (non-hydrogen) atoms. The van der Waals surface area contributed by atoms with Crippen LogP contribution in [0.15, 0.2) is 0 Å². The van der Waals surface area contributed by atoms with Crippen LogP contribution in [0.5, 0.6) is 0 Å². The monoisotopic (exact) mass is 382 g/mol. The van der Waals surface area contributed by atoms with Gasteiger partial charge in [-0.25, -0.2) is 0 Å². The van der Waals surface area contributed by atoms with E-state index in [0.29, 0.717) is 6.42 Å². The molecule has 0 rings (SSSR count). The van der Waals surface area contributed by atoms with Crippen molar-refractivity contribution in [2.24, 2.45) is 5.92 Å². The van der Waals surface area contributed by atoms with Gasteiger partial charge in [0.15, 0.2) is 0 Å². The Morgan fingerprint density at radius 1 is 0.667 bits per heavy atom. The average molecular weight is 383 g/mol. The maximum absolute atomic E-state index is 10.9. The second-order valence-electron chi connectivity index (χ2n) is 6.49. The summed E-state index contributed by atoms with van der Waals surface area (Å²) < 4.78 is 0. The standard InChI is InChI=1S/C18H32Cl2O4/c19-16(20)13-11-9-7-5-3-1-2-4-6-8-10-12-15(18(23)24)14-17(21)22/h15-16H,1-14H2,(H,21,22)(H,23,24). The van der Waals surface area contributed by atoms with Gasteiger partial charge in [-0.15, -0.1) is 23.2 Å². The molecule has 0 spiro atoms. The molecule has 0 saturated heterocycles. The summed E-state index contributed by atoms with van der Waals surface area (Å²) in [5.41, 5.74) is 0. The number of carboxylic acid groups (broad SMARTS) is 2. The fraction of sp³-hybridized carbons (Fsp3) is 0.889. The molecule has 0 aromatic rings. The zero-order valence-corrected chi connectivity index (χ0v) is 16.0. The van der Waals surface area contributed by atoms with Crippen molar-refractivity contribution in [3.8, 4) is 0 Å². The van der Waals surface area contributed by atoms with Crippen LogP contribution < -0.4 is 0 Å². The van der Waals surface area contributed by atoms with E-state index in [-0.39, 0.29) is 11.3 Å². The van der Waals surface area contributed by atoms with Crippen LogP contribution in [0, 0.1) is 5.92 Å². The van der Waals surface area contributed by atoms with E-state index in [1.165, 1.54) is 44.9 Å². The molecule has 0 aliphatic heterocycles. The molecular weight excluding hydrogens is 351 g/mol. The van der Waals surface area contributed by atoms with Crippen LogP contribution in [0.1, 0.15) is 89.9 Å². The summed E-state index contributed by atoms with van der Waals surface area (Å²) >= 11 is 11.4. The lowest BCUT2D eigenvalue weighted by Crippen LogP contribution is -2.17. The smallest absolute Gasteiger partial charge is 0.307 e. The Balaban J connectivity index is 3.33. The quantitative estimate of drug-likeness (QED) is 0.237. The molecule has 0 aliphatic rings. The first-order chi connectivity index (χ1) is 11.4. The Morgan fingerprint density at radius 2 is 1.04 bits per heavy atom. The highest BCUT2D eigenvalue weighted by atomic mass is 35.5. The third kappa shape index (κ3) is 16.4. The lowest BCUT2D eigenvalue weighted by atomic mass is 9.97. The molecule has 2 N–H and O–H groups in total. The van der Waals surface area contributed by atoms with Gasteiger partial charge in [-0.1, -0.05) is 70.6 Å². The van der Waals surface area contributed by atoms with E-state index in [4.69, 9.17) is 33.4 Å². The van der Waals surface area contributed by atoms with Crippen LogP contribution in [-0.4, -0.2) is 27.0 Å². The maximum atomic E-state index is 10.9. The Labute approximate surface area is 155 Å². The highest BCUT2D eigenvalue weighted by molar-refractivity contribution is 6.44. The number of halogens is 2. The van der Waals surface area contributed by atoms with Crippen LogP contribution in [0.25, 0.3) is 0 Å². The van der Waals surface area contributed by atoms with Crippen molar-refractivity contribution in [1.82, 2.24) is 0 Å². The molecule has 142 valence electrons. The van der Waals surface area contributed by atoms with E-state index in [1.807, 2.05) is 0 Å². The SMILES string of the molecule is O=C(O)CC(CCCCCCCCCCCCCC(Cl)Cl)C(=O)O. The zero-order chi connectivity index (χ0) is 18.2. The lowest BCUT2D eigenvalue weighted by Gasteiger charge is -2.09. The third-order valence-electron chi connectivity index (χ3n) is 4.25. The highest BCUT2D eigenvalue weighted by Crippen LogP contribution is 2.17. The number of alkyl halides is 2. The molecule has 0 radical (unpaired) electrons. The summed E-state index contributed by atoms with van der Waals surface area (Å²) in [6.07, 6.45) is 13.7. The average Bonchev–Trinajstić information content (AvgIpc) is 2.49. The summed E-state index contributed by atoms with van der Waals surface area (Å²) in [5, 5.41) is 17.6. The van der Waals surface area contributed by atoms with Crippen molar-refractivity contribution in [3.63, 3.8) is 0 Å². The molecule has 0 fully saturated rings. The van der Waals surface area contributed by atoms with Crippen LogP contribution in [0.4, 0.5) is 0 Å². The number of carbonyl (C=O) groups is 2. The highest BCUT2D eigenvalue weighted by Gasteiger charge is 2.20. The number of rotatable bonds is 17. The van der Waals surface area contributed by atoms with E-state index in [1.54, 1.807) is 0 Å². The minimum Gasteiger partial charge on any atom is -0.481 e. The van der Waals surface area contributed by atoms with Gasteiger partial charge >= 0.3 is 11.9 Å². The van der Waals surface area contributed by atoms with Gasteiger partial charge in [0.2, 0.25) is 0 Å². The maximum Gasteiger partial charge on any atom is 0.307 e. The predicted molar refractivity (Wildman–Crippen MR) is 98.9 cm³/mol. The van der Waals surface area contributed by atoms with Crippen LogP contribution in [-0.2, 0) is 9.59 Å². The van der Waals surface area contributed by atoms with Gasteiger partial charge in [0.25, 0.3) is 0 Å². The fourth-order valence-corrected chi connectivity index (χ4v) is 3.11. The molecule has 1 unspecified atom stereocenters. The van der Waals surface area contributed by atoms with Crippen molar-refractivity contribution in [2.45, 2.75) is 94.7 Å². The molecule has 0 aliphatic carbocycles. The first-order valence-corrected chi connectivity index (χ1v) is 10.0. The molecule has 0 aromatic heterocycles. The van der Waals surface area contributed by atoms with Crippen LogP contribution in [0.2, 0.25) is 0 Å². The van der Waals surface area contributed by atoms with E-state index < -0.39 is 17.9 Å². The number of hydrogen-bond acceptors (Lipinski definition) is 2. The second-order valence-corrected chi connectivity index (χ2v) is 7.77.